The van der Waals surface area contributed by atoms with Crippen molar-refractivity contribution < 1.29 is 9.18 Å². The third-order valence-corrected chi connectivity index (χ3v) is 5.14. The maximum Gasteiger partial charge on any atom is 0.183 e. The normalized spacial score (nSPS) is 22.8. The highest BCUT2D eigenvalue weighted by atomic mass is 19.1. The number of rotatable bonds is 2. The van der Waals surface area contributed by atoms with Gasteiger partial charge in [0.2, 0.25) is 0 Å². The second-order valence-electron chi connectivity index (χ2n) is 6.55. The molecule has 1 saturated heterocycles. The first kappa shape index (κ1) is 15.9. The van der Waals surface area contributed by atoms with E-state index in [1.54, 1.807) is 0 Å². The first-order valence-electron chi connectivity index (χ1n) is 8.26. The third-order valence-electron chi connectivity index (χ3n) is 5.14. The van der Waals surface area contributed by atoms with E-state index in [2.05, 4.69) is 11.9 Å². The van der Waals surface area contributed by atoms with Crippen LogP contribution in [0.3, 0.4) is 0 Å². The Hall–Kier alpha value is -1.93. The molecular formula is C18H22FN3O. The summed E-state index contributed by atoms with van der Waals surface area (Å²) in [5, 5.41) is 9.16. The Balaban J connectivity index is 2.00. The lowest BCUT2D eigenvalue weighted by atomic mass is 9.85. The zero-order valence-corrected chi connectivity index (χ0v) is 13.7. The Kier molecular flexibility index (Phi) is 4.36. The molecule has 0 aliphatic carbocycles. The number of nitrogens with zero attached hydrogens (tertiary/aromatic N) is 3. The monoisotopic (exact) mass is 315 g/mol. The number of fused-ring (bicyclic) bond motifs is 1. The molecule has 0 spiro atoms. The van der Waals surface area contributed by atoms with Gasteiger partial charge in [0.1, 0.15) is 11.7 Å². The van der Waals surface area contributed by atoms with E-state index in [0.717, 1.165) is 37.2 Å². The number of nitriles is 1. The topological polar surface area (TPSA) is 47.3 Å². The number of halogens is 1. The second kappa shape index (κ2) is 6.29. The smallest absolute Gasteiger partial charge is 0.183 e. The number of piperidine rings is 1. The molecule has 0 N–H and O–H groups in total. The molecule has 23 heavy (non-hydrogen) atoms. The summed E-state index contributed by atoms with van der Waals surface area (Å²) in [6.07, 6.45) is 1.88. The van der Waals surface area contributed by atoms with Gasteiger partial charge in [0.15, 0.2) is 5.78 Å². The summed E-state index contributed by atoms with van der Waals surface area (Å²) in [6, 6.07) is 5.26. The van der Waals surface area contributed by atoms with Crippen LogP contribution in [-0.4, -0.2) is 43.9 Å². The molecule has 3 rings (SSSR count). The Labute approximate surface area is 136 Å². The molecule has 0 aromatic heterocycles. The van der Waals surface area contributed by atoms with Gasteiger partial charge in [0.25, 0.3) is 0 Å². The molecule has 2 aliphatic heterocycles. The Morgan fingerprint density at radius 2 is 2.04 bits per heavy atom. The fourth-order valence-electron chi connectivity index (χ4n) is 3.66. The van der Waals surface area contributed by atoms with Crippen LogP contribution in [0, 0.1) is 23.1 Å². The van der Waals surface area contributed by atoms with Crippen molar-refractivity contribution in [3.63, 3.8) is 0 Å². The van der Waals surface area contributed by atoms with Gasteiger partial charge in [-0.1, -0.05) is 0 Å². The molecule has 4 nitrogen and oxygen atoms in total. The van der Waals surface area contributed by atoms with Gasteiger partial charge in [-0.15, -0.1) is 0 Å². The molecule has 5 heteroatoms. The highest BCUT2D eigenvalue weighted by Gasteiger charge is 2.33. The standard InChI is InChI=1S/C18H22FN3O/c1-3-22-11-13(10-20)18(23)15-8-16(19)14(9-17(15)22)12-4-6-21(2)7-5-12/h8-9,12-13H,3-7,11H2,1-2H3. The van der Waals surface area contributed by atoms with Crippen molar-refractivity contribution in [3.05, 3.63) is 29.1 Å². The molecule has 1 aromatic rings. The van der Waals surface area contributed by atoms with Gasteiger partial charge < -0.3 is 9.80 Å². The summed E-state index contributed by atoms with van der Waals surface area (Å²) in [6.45, 7) is 5.03. The summed E-state index contributed by atoms with van der Waals surface area (Å²) in [4.78, 5) is 16.6. The van der Waals surface area contributed by atoms with E-state index in [1.165, 1.54) is 6.07 Å². The fraction of sp³-hybridized carbons (Fsp3) is 0.556. The van der Waals surface area contributed by atoms with Crippen molar-refractivity contribution in [2.24, 2.45) is 5.92 Å². The number of carbonyl (C=O) groups is 1. The molecule has 0 radical (unpaired) electrons. The number of anilines is 1. The largest absolute Gasteiger partial charge is 0.369 e. The van der Waals surface area contributed by atoms with Gasteiger partial charge in [-0.25, -0.2) is 4.39 Å². The lowest BCUT2D eigenvalue weighted by Crippen LogP contribution is -2.39. The van der Waals surface area contributed by atoms with Crippen LogP contribution in [0.2, 0.25) is 0 Å². The van der Waals surface area contributed by atoms with E-state index in [0.29, 0.717) is 18.7 Å². The average Bonchev–Trinajstić information content (AvgIpc) is 2.56. The van der Waals surface area contributed by atoms with E-state index in [9.17, 15) is 9.18 Å². The maximum atomic E-state index is 14.6. The van der Waals surface area contributed by atoms with Crippen molar-refractivity contribution in [3.8, 4) is 6.07 Å². The number of ketones is 1. The van der Waals surface area contributed by atoms with Crippen molar-refractivity contribution >= 4 is 11.5 Å². The number of hydrogen-bond donors (Lipinski definition) is 0. The van der Waals surface area contributed by atoms with Crippen LogP contribution in [0.25, 0.3) is 0 Å². The van der Waals surface area contributed by atoms with Crippen molar-refractivity contribution in [2.45, 2.75) is 25.7 Å². The maximum absolute atomic E-state index is 14.6. The highest BCUT2D eigenvalue weighted by molar-refractivity contribution is 6.06. The van der Waals surface area contributed by atoms with Gasteiger partial charge in [-0.3, -0.25) is 4.79 Å². The lowest BCUT2D eigenvalue weighted by Gasteiger charge is -2.34. The van der Waals surface area contributed by atoms with Crippen LogP contribution in [0.15, 0.2) is 12.1 Å². The lowest BCUT2D eigenvalue weighted by molar-refractivity contribution is 0.0944. The van der Waals surface area contributed by atoms with E-state index < -0.39 is 5.92 Å². The molecule has 2 heterocycles. The van der Waals surface area contributed by atoms with Gasteiger partial charge in [-0.2, -0.15) is 5.26 Å². The van der Waals surface area contributed by atoms with Crippen LogP contribution in [-0.2, 0) is 0 Å². The zero-order valence-electron chi connectivity index (χ0n) is 13.7. The van der Waals surface area contributed by atoms with Crippen LogP contribution < -0.4 is 4.90 Å². The summed E-state index contributed by atoms with van der Waals surface area (Å²) < 4.78 is 14.6. The molecule has 1 aromatic carbocycles. The molecule has 1 atom stereocenters. The molecule has 1 fully saturated rings. The van der Waals surface area contributed by atoms with E-state index in [-0.39, 0.29) is 17.5 Å². The molecule has 2 aliphatic rings. The summed E-state index contributed by atoms with van der Waals surface area (Å²) in [5.74, 6) is -1.04. The summed E-state index contributed by atoms with van der Waals surface area (Å²) in [7, 11) is 2.08. The van der Waals surface area contributed by atoms with Crippen molar-refractivity contribution in [1.82, 2.24) is 4.90 Å². The predicted octanol–water partition coefficient (Wildman–Crippen LogP) is 2.80. The van der Waals surface area contributed by atoms with Crippen LogP contribution >= 0.6 is 0 Å². The molecular weight excluding hydrogens is 293 g/mol. The molecule has 122 valence electrons. The van der Waals surface area contributed by atoms with Gasteiger partial charge >= 0.3 is 0 Å². The molecule has 0 bridgehead atoms. The molecule has 0 saturated carbocycles. The fourth-order valence-corrected chi connectivity index (χ4v) is 3.66. The van der Waals surface area contributed by atoms with Gasteiger partial charge in [0.05, 0.1) is 6.07 Å². The molecule has 0 amide bonds. The average molecular weight is 315 g/mol. The number of hydrogen-bond acceptors (Lipinski definition) is 4. The minimum atomic E-state index is -0.698. The highest BCUT2D eigenvalue weighted by Crippen LogP contribution is 2.37. The SMILES string of the molecule is CCN1CC(C#N)C(=O)c2cc(F)c(C3CCN(C)CC3)cc21. The number of carbonyl (C=O) groups excluding carboxylic acids is 1. The third kappa shape index (κ3) is 2.84. The minimum absolute atomic E-state index is 0.207. The summed E-state index contributed by atoms with van der Waals surface area (Å²) in [5.41, 5.74) is 1.87. The van der Waals surface area contributed by atoms with Crippen molar-refractivity contribution in [2.75, 3.05) is 38.1 Å². The minimum Gasteiger partial charge on any atom is -0.369 e. The van der Waals surface area contributed by atoms with E-state index >= 15 is 0 Å². The number of likely N-dealkylation sites (tertiary alicyclic amines) is 1. The van der Waals surface area contributed by atoms with Crippen LogP contribution in [0.5, 0.6) is 0 Å². The van der Waals surface area contributed by atoms with E-state index in [4.69, 9.17) is 5.26 Å². The van der Waals surface area contributed by atoms with Crippen LogP contribution in [0.1, 0.15) is 41.6 Å². The summed E-state index contributed by atoms with van der Waals surface area (Å²) >= 11 is 0. The number of benzene rings is 1. The van der Waals surface area contributed by atoms with Crippen LogP contribution in [0.4, 0.5) is 10.1 Å². The van der Waals surface area contributed by atoms with E-state index in [1.807, 2.05) is 24.0 Å². The predicted molar refractivity (Wildman–Crippen MR) is 87.2 cm³/mol. The van der Waals surface area contributed by atoms with Gasteiger partial charge in [0, 0.05) is 24.3 Å². The second-order valence-corrected chi connectivity index (χ2v) is 6.55. The molecule has 1 unspecified atom stereocenters. The Bertz CT molecular complexity index is 659. The number of Topliss-reactive ketones (excluding diaryl/α,β-unsaturated/α-hetero) is 1. The first-order valence-corrected chi connectivity index (χ1v) is 8.26. The Morgan fingerprint density at radius 1 is 1.35 bits per heavy atom. The van der Waals surface area contributed by atoms with Gasteiger partial charge in [-0.05, 0) is 63.5 Å². The quantitative estimate of drug-likeness (QED) is 0.842. The first-order chi connectivity index (χ1) is 11.0. The van der Waals surface area contributed by atoms with Crippen molar-refractivity contribution in [1.29, 1.82) is 5.26 Å². The Morgan fingerprint density at radius 3 is 2.65 bits per heavy atom. The zero-order chi connectivity index (χ0) is 16.6.